The number of carbonyl (C=O) groups is 1. The van der Waals surface area contributed by atoms with Crippen molar-refractivity contribution in [3.05, 3.63) is 53.4 Å². The van der Waals surface area contributed by atoms with Crippen LogP contribution in [0.25, 0.3) is 5.65 Å². The molecule has 21 heavy (non-hydrogen) atoms. The molecule has 2 aromatic heterocycles. The standard InChI is InChI=1S/C14H11ClN4O2/c1-21-12-3-2-9(15)8-10(12)18-14(20)11-4-6-16-13-5-7-17-19(11)13/h2-8H,1H3,(H,18,20). The van der Waals surface area contributed by atoms with Crippen LogP contribution in [0, 0.1) is 0 Å². The second-order valence-corrected chi connectivity index (χ2v) is 4.67. The monoisotopic (exact) mass is 302 g/mol. The molecule has 3 rings (SSSR count). The first-order chi connectivity index (χ1) is 10.2. The molecule has 7 heteroatoms. The molecule has 106 valence electrons. The lowest BCUT2D eigenvalue weighted by Gasteiger charge is -2.11. The van der Waals surface area contributed by atoms with Gasteiger partial charge in [0.15, 0.2) is 5.65 Å². The van der Waals surface area contributed by atoms with Crippen LogP contribution in [0.3, 0.4) is 0 Å². The summed E-state index contributed by atoms with van der Waals surface area (Å²) in [4.78, 5) is 16.5. The van der Waals surface area contributed by atoms with Crippen molar-refractivity contribution in [3.8, 4) is 5.75 Å². The lowest BCUT2D eigenvalue weighted by molar-refractivity contribution is 0.101. The molecule has 0 saturated heterocycles. The van der Waals surface area contributed by atoms with Crippen LogP contribution < -0.4 is 10.1 Å². The SMILES string of the molecule is COc1ccc(Cl)cc1NC(=O)c1ccnc2ccnn12. The van der Waals surface area contributed by atoms with Gasteiger partial charge in [0.25, 0.3) is 5.91 Å². The zero-order chi connectivity index (χ0) is 14.8. The van der Waals surface area contributed by atoms with E-state index in [0.717, 1.165) is 0 Å². The maximum absolute atomic E-state index is 12.4. The van der Waals surface area contributed by atoms with Crippen LogP contribution in [0.1, 0.15) is 10.5 Å². The first kappa shape index (κ1) is 13.4. The topological polar surface area (TPSA) is 68.5 Å². The number of nitrogens with one attached hydrogen (secondary N) is 1. The summed E-state index contributed by atoms with van der Waals surface area (Å²) in [7, 11) is 1.52. The lowest BCUT2D eigenvalue weighted by Crippen LogP contribution is -2.17. The number of halogens is 1. The van der Waals surface area contributed by atoms with Crippen molar-refractivity contribution in [2.45, 2.75) is 0 Å². The number of hydrogen-bond donors (Lipinski definition) is 1. The Morgan fingerprint density at radius 1 is 1.29 bits per heavy atom. The average Bonchev–Trinajstić information content (AvgIpc) is 2.95. The third-order valence-electron chi connectivity index (χ3n) is 2.93. The smallest absolute Gasteiger partial charge is 0.274 e. The molecule has 2 heterocycles. The van der Waals surface area contributed by atoms with Crippen molar-refractivity contribution in [3.63, 3.8) is 0 Å². The van der Waals surface area contributed by atoms with E-state index in [1.54, 1.807) is 42.7 Å². The Kier molecular flexibility index (Phi) is 3.45. The van der Waals surface area contributed by atoms with Gasteiger partial charge in [0.05, 0.1) is 19.0 Å². The Hall–Kier alpha value is -2.60. The van der Waals surface area contributed by atoms with E-state index in [-0.39, 0.29) is 5.91 Å². The molecular weight excluding hydrogens is 292 g/mol. The maximum Gasteiger partial charge on any atom is 0.274 e. The average molecular weight is 303 g/mol. The highest BCUT2D eigenvalue weighted by Crippen LogP contribution is 2.28. The molecule has 3 aromatic rings. The molecule has 0 aliphatic heterocycles. The number of aromatic nitrogens is 3. The molecule has 0 atom stereocenters. The van der Waals surface area contributed by atoms with Gasteiger partial charge in [-0.05, 0) is 24.3 Å². The van der Waals surface area contributed by atoms with Crippen molar-refractivity contribution in [2.75, 3.05) is 12.4 Å². The minimum Gasteiger partial charge on any atom is -0.495 e. The van der Waals surface area contributed by atoms with Crippen molar-refractivity contribution >= 4 is 28.8 Å². The fraction of sp³-hybridized carbons (Fsp3) is 0.0714. The van der Waals surface area contributed by atoms with E-state index in [2.05, 4.69) is 15.4 Å². The van der Waals surface area contributed by atoms with Crippen molar-refractivity contribution in [1.82, 2.24) is 14.6 Å². The molecule has 1 amide bonds. The quantitative estimate of drug-likeness (QED) is 0.807. The molecule has 0 spiro atoms. The number of hydrogen-bond acceptors (Lipinski definition) is 4. The van der Waals surface area contributed by atoms with Crippen LogP contribution in [-0.4, -0.2) is 27.6 Å². The number of nitrogens with zero attached hydrogens (tertiary/aromatic N) is 3. The van der Waals surface area contributed by atoms with Crippen molar-refractivity contribution in [2.24, 2.45) is 0 Å². The molecule has 6 nitrogen and oxygen atoms in total. The highest BCUT2D eigenvalue weighted by atomic mass is 35.5. The van der Waals surface area contributed by atoms with Gasteiger partial charge in [-0.3, -0.25) is 4.79 Å². The Balaban J connectivity index is 1.97. The van der Waals surface area contributed by atoms with Crippen LogP contribution in [0.4, 0.5) is 5.69 Å². The fourth-order valence-electron chi connectivity index (χ4n) is 1.97. The lowest BCUT2D eigenvalue weighted by atomic mass is 10.2. The van der Waals surface area contributed by atoms with E-state index >= 15 is 0 Å². The third kappa shape index (κ3) is 2.53. The van der Waals surface area contributed by atoms with Gasteiger partial charge in [0.2, 0.25) is 0 Å². The van der Waals surface area contributed by atoms with Gasteiger partial charge in [-0.2, -0.15) is 5.10 Å². The number of amides is 1. The molecule has 1 aromatic carbocycles. The Morgan fingerprint density at radius 2 is 2.14 bits per heavy atom. The van der Waals surface area contributed by atoms with Crippen LogP contribution in [0.15, 0.2) is 42.7 Å². The molecule has 0 fully saturated rings. The van der Waals surface area contributed by atoms with E-state index in [1.165, 1.54) is 11.6 Å². The normalized spacial score (nSPS) is 10.6. The molecule has 0 radical (unpaired) electrons. The van der Waals surface area contributed by atoms with Crippen LogP contribution in [-0.2, 0) is 0 Å². The molecule has 1 N–H and O–H groups in total. The van der Waals surface area contributed by atoms with E-state index in [1.807, 2.05) is 0 Å². The molecular formula is C14H11ClN4O2. The third-order valence-corrected chi connectivity index (χ3v) is 3.17. The van der Waals surface area contributed by atoms with E-state index in [0.29, 0.717) is 27.8 Å². The second kappa shape index (κ2) is 5.41. The van der Waals surface area contributed by atoms with Gasteiger partial charge in [0, 0.05) is 17.3 Å². The fourth-order valence-corrected chi connectivity index (χ4v) is 2.14. The summed E-state index contributed by atoms with van der Waals surface area (Å²) in [6.45, 7) is 0. The van der Waals surface area contributed by atoms with Gasteiger partial charge in [-0.1, -0.05) is 11.6 Å². The van der Waals surface area contributed by atoms with Gasteiger partial charge in [-0.25, -0.2) is 9.50 Å². The van der Waals surface area contributed by atoms with Gasteiger partial charge >= 0.3 is 0 Å². The van der Waals surface area contributed by atoms with Crippen molar-refractivity contribution < 1.29 is 9.53 Å². The van der Waals surface area contributed by atoms with Crippen LogP contribution in [0.2, 0.25) is 5.02 Å². The maximum atomic E-state index is 12.4. The predicted octanol–water partition coefficient (Wildman–Crippen LogP) is 2.64. The molecule has 0 aliphatic carbocycles. The summed E-state index contributed by atoms with van der Waals surface area (Å²) in [5.74, 6) is 0.199. The number of rotatable bonds is 3. The van der Waals surface area contributed by atoms with E-state index < -0.39 is 0 Å². The summed E-state index contributed by atoms with van der Waals surface area (Å²) >= 11 is 5.95. The highest BCUT2D eigenvalue weighted by Gasteiger charge is 2.14. The number of carbonyl (C=O) groups excluding carboxylic acids is 1. The number of ether oxygens (including phenoxy) is 1. The molecule has 0 saturated carbocycles. The number of benzene rings is 1. The molecule has 0 aliphatic rings. The zero-order valence-electron chi connectivity index (χ0n) is 11.1. The van der Waals surface area contributed by atoms with E-state index in [9.17, 15) is 4.79 Å². The van der Waals surface area contributed by atoms with Gasteiger partial charge < -0.3 is 10.1 Å². The van der Waals surface area contributed by atoms with Gasteiger partial charge in [0.1, 0.15) is 11.4 Å². The Morgan fingerprint density at radius 3 is 2.95 bits per heavy atom. The Labute approximate surface area is 125 Å². The highest BCUT2D eigenvalue weighted by molar-refractivity contribution is 6.31. The molecule has 0 bridgehead atoms. The summed E-state index contributed by atoms with van der Waals surface area (Å²) < 4.78 is 6.67. The summed E-state index contributed by atoms with van der Waals surface area (Å²) in [5.41, 5.74) is 1.46. The number of anilines is 1. The van der Waals surface area contributed by atoms with Crippen LogP contribution >= 0.6 is 11.6 Å². The Bertz CT molecular complexity index is 816. The summed E-state index contributed by atoms with van der Waals surface area (Å²) in [5, 5.41) is 7.35. The first-order valence-electron chi connectivity index (χ1n) is 6.12. The minimum atomic E-state index is -0.327. The van der Waals surface area contributed by atoms with Crippen molar-refractivity contribution in [1.29, 1.82) is 0 Å². The largest absolute Gasteiger partial charge is 0.495 e. The zero-order valence-corrected chi connectivity index (χ0v) is 11.8. The predicted molar refractivity (Wildman–Crippen MR) is 78.9 cm³/mol. The summed E-state index contributed by atoms with van der Waals surface area (Å²) in [6.07, 6.45) is 3.14. The summed E-state index contributed by atoms with van der Waals surface area (Å²) in [6, 6.07) is 8.31. The van der Waals surface area contributed by atoms with Gasteiger partial charge in [-0.15, -0.1) is 0 Å². The minimum absolute atomic E-state index is 0.327. The first-order valence-corrected chi connectivity index (χ1v) is 6.50. The molecule has 0 unspecified atom stereocenters. The number of methoxy groups -OCH3 is 1. The van der Waals surface area contributed by atoms with E-state index in [4.69, 9.17) is 16.3 Å². The number of fused-ring (bicyclic) bond motifs is 1. The second-order valence-electron chi connectivity index (χ2n) is 4.23. The van der Waals surface area contributed by atoms with Crippen LogP contribution in [0.5, 0.6) is 5.75 Å².